The number of benzene rings is 1. The minimum absolute atomic E-state index is 0.126. The van der Waals surface area contributed by atoms with Gasteiger partial charge in [0.1, 0.15) is 17.8 Å². The number of nitrogens with one attached hydrogen (secondary N) is 1. The van der Waals surface area contributed by atoms with Crippen LogP contribution in [-0.4, -0.2) is 21.4 Å². The van der Waals surface area contributed by atoms with Crippen molar-refractivity contribution < 1.29 is 13.7 Å². The van der Waals surface area contributed by atoms with E-state index in [0.717, 1.165) is 30.8 Å². The number of hydrogen-bond acceptors (Lipinski definition) is 5. The van der Waals surface area contributed by atoms with Crippen LogP contribution in [0.3, 0.4) is 0 Å². The summed E-state index contributed by atoms with van der Waals surface area (Å²) in [6.45, 7) is 2.48. The third kappa shape index (κ3) is 3.28. The van der Waals surface area contributed by atoms with E-state index in [4.69, 9.17) is 0 Å². The highest BCUT2D eigenvalue weighted by Gasteiger charge is 2.22. The van der Waals surface area contributed by atoms with Crippen molar-refractivity contribution in [3.05, 3.63) is 46.1 Å². The van der Waals surface area contributed by atoms with Gasteiger partial charge in [-0.05, 0) is 24.6 Å². The maximum atomic E-state index is 13.8. The van der Waals surface area contributed by atoms with E-state index in [0.29, 0.717) is 6.54 Å². The molecule has 0 atom stereocenters. The lowest BCUT2D eigenvalue weighted by Gasteiger charge is -2.07. The SMILES string of the molecule is CCCNc1ncc([N+](=O)[O-])c(-c2cc(F)ccc2F)n1. The zero-order valence-corrected chi connectivity index (χ0v) is 11.1. The van der Waals surface area contributed by atoms with Gasteiger partial charge in [0, 0.05) is 12.1 Å². The van der Waals surface area contributed by atoms with E-state index >= 15 is 0 Å². The van der Waals surface area contributed by atoms with Gasteiger partial charge in [0.2, 0.25) is 5.95 Å². The number of halogens is 2. The minimum atomic E-state index is -0.792. The molecular formula is C13H12F2N4O2. The van der Waals surface area contributed by atoms with Gasteiger partial charge in [0.25, 0.3) is 0 Å². The summed E-state index contributed by atoms with van der Waals surface area (Å²) >= 11 is 0. The second-order valence-corrected chi connectivity index (χ2v) is 4.24. The van der Waals surface area contributed by atoms with Gasteiger partial charge in [0.05, 0.1) is 4.92 Å². The van der Waals surface area contributed by atoms with E-state index in [9.17, 15) is 18.9 Å². The maximum absolute atomic E-state index is 13.8. The summed E-state index contributed by atoms with van der Waals surface area (Å²) in [4.78, 5) is 18.0. The summed E-state index contributed by atoms with van der Waals surface area (Å²) in [7, 11) is 0. The van der Waals surface area contributed by atoms with E-state index < -0.39 is 22.2 Å². The van der Waals surface area contributed by atoms with Crippen LogP contribution < -0.4 is 5.32 Å². The molecule has 2 aromatic rings. The van der Waals surface area contributed by atoms with Gasteiger partial charge in [-0.1, -0.05) is 6.92 Å². The Hall–Kier alpha value is -2.64. The summed E-state index contributed by atoms with van der Waals surface area (Å²) in [5.74, 6) is -1.37. The number of aromatic nitrogens is 2. The van der Waals surface area contributed by atoms with Gasteiger partial charge < -0.3 is 5.32 Å². The van der Waals surface area contributed by atoms with Crippen LogP contribution in [0.25, 0.3) is 11.3 Å². The highest BCUT2D eigenvalue weighted by molar-refractivity contribution is 5.70. The predicted molar refractivity (Wildman–Crippen MR) is 72.8 cm³/mol. The Morgan fingerprint density at radius 2 is 2.14 bits per heavy atom. The normalized spacial score (nSPS) is 10.4. The molecule has 0 fully saturated rings. The zero-order valence-electron chi connectivity index (χ0n) is 11.1. The lowest BCUT2D eigenvalue weighted by atomic mass is 10.1. The average molecular weight is 294 g/mol. The smallest absolute Gasteiger partial charge is 0.313 e. The molecule has 110 valence electrons. The first-order valence-electron chi connectivity index (χ1n) is 6.23. The highest BCUT2D eigenvalue weighted by Crippen LogP contribution is 2.30. The molecule has 0 aliphatic rings. The van der Waals surface area contributed by atoms with Gasteiger partial charge in [-0.2, -0.15) is 0 Å². The first-order chi connectivity index (χ1) is 10.0. The fourth-order valence-corrected chi connectivity index (χ4v) is 1.71. The van der Waals surface area contributed by atoms with Crippen LogP contribution in [-0.2, 0) is 0 Å². The molecule has 1 heterocycles. The standard InChI is InChI=1S/C13H12F2N4O2/c1-2-5-16-13-17-7-11(19(20)21)12(18-13)9-6-8(14)3-4-10(9)15/h3-4,6-7H,2,5H2,1H3,(H,16,17,18). The molecule has 0 aliphatic carbocycles. The second-order valence-electron chi connectivity index (χ2n) is 4.24. The Kier molecular flexibility index (Phi) is 4.36. The third-order valence-corrected chi connectivity index (χ3v) is 2.68. The molecule has 2 rings (SSSR count). The molecule has 0 saturated heterocycles. The van der Waals surface area contributed by atoms with Crippen LogP contribution in [0.2, 0.25) is 0 Å². The summed E-state index contributed by atoms with van der Waals surface area (Å²) in [6, 6.07) is 2.70. The molecule has 0 bridgehead atoms. The number of hydrogen-bond donors (Lipinski definition) is 1. The predicted octanol–water partition coefficient (Wildman–Crippen LogP) is 3.15. The first-order valence-corrected chi connectivity index (χ1v) is 6.23. The summed E-state index contributed by atoms with van der Waals surface area (Å²) in [5.41, 5.74) is -1.02. The molecular weight excluding hydrogens is 282 g/mol. The van der Waals surface area contributed by atoms with Crippen molar-refractivity contribution in [2.45, 2.75) is 13.3 Å². The molecule has 1 aromatic heterocycles. The number of nitro groups is 1. The fraction of sp³-hybridized carbons (Fsp3) is 0.231. The van der Waals surface area contributed by atoms with E-state index in [-0.39, 0.29) is 17.2 Å². The summed E-state index contributed by atoms with van der Waals surface area (Å²) < 4.78 is 27.1. The molecule has 0 amide bonds. The molecule has 0 aliphatic heterocycles. The lowest BCUT2D eigenvalue weighted by molar-refractivity contribution is -0.384. The second kappa shape index (κ2) is 6.21. The van der Waals surface area contributed by atoms with Crippen molar-refractivity contribution in [1.82, 2.24) is 9.97 Å². The molecule has 0 saturated carbocycles. The van der Waals surface area contributed by atoms with Crippen molar-refractivity contribution in [3.8, 4) is 11.3 Å². The summed E-state index contributed by atoms with van der Waals surface area (Å²) in [5, 5.41) is 13.8. The van der Waals surface area contributed by atoms with Gasteiger partial charge in [0.15, 0.2) is 5.69 Å². The maximum Gasteiger partial charge on any atom is 0.313 e. The molecule has 21 heavy (non-hydrogen) atoms. The Morgan fingerprint density at radius 1 is 1.38 bits per heavy atom. The number of rotatable bonds is 5. The molecule has 8 heteroatoms. The highest BCUT2D eigenvalue weighted by atomic mass is 19.1. The van der Waals surface area contributed by atoms with E-state index in [1.807, 2.05) is 6.92 Å². The third-order valence-electron chi connectivity index (χ3n) is 2.68. The van der Waals surface area contributed by atoms with E-state index in [1.54, 1.807) is 0 Å². The molecule has 0 radical (unpaired) electrons. The van der Waals surface area contributed by atoms with Gasteiger partial charge in [-0.3, -0.25) is 10.1 Å². The zero-order chi connectivity index (χ0) is 15.4. The van der Waals surface area contributed by atoms with Crippen molar-refractivity contribution in [2.75, 3.05) is 11.9 Å². The van der Waals surface area contributed by atoms with Gasteiger partial charge >= 0.3 is 5.69 Å². The Morgan fingerprint density at radius 3 is 2.81 bits per heavy atom. The van der Waals surface area contributed by atoms with Crippen molar-refractivity contribution in [1.29, 1.82) is 0 Å². The topological polar surface area (TPSA) is 81.0 Å². The van der Waals surface area contributed by atoms with Crippen LogP contribution in [0.1, 0.15) is 13.3 Å². The summed E-state index contributed by atoms with van der Waals surface area (Å²) in [6.07, 6.45) is 1.77. The van der Waals surface area contributed by atoms with Crippen molar-refractivity contribution >= 4 is 11.6 Å². The Labute approximate surface area is 119 Å². The van der Waals surface area contributed by atoms with Crippen molar-refractivity contribution in [2.24, 2.45) is 0 Å². The van der Waals surface area contributed by atoms with Crippen LogP contribution in [0.4, 0.5) is 20.4 Å². The minimum Gasteiger partial charge on any atom is -0.354 e. The number of anilines is 1. The molecule has 1 aromatic carbocycles. The largest absolute Gasteiger partial charge is 0.354 e. The van der Waals surface area contributed by atoms with Crippen LogP contribution >= 0.6 is 0 Å². The monoisotopic (exact) mass is 294 g/mol. The quantitative estimate of drug-likeness (QED) is 0.676. The first kappa shape index (κ1) is 14.8. The average Bonchev–Trinajstić information content (AvgIpc) is 2.47. The van der Waals surface area contributed by atoms with Crippen LogP contribution in [0.5, 0.6) is 0 Å². The van der Waals surface area contributed by atoms with Crippen LogP contribution in [0, 0.1) is 21.7 Å². The van der Waals surface area contributed by atoms with Gasteiger partial charge in [-0.25, -0.2) is 18.7 Å². The Bertz CT molecular complexity index is 679. The molecule has 6 nitrogen and oxygen atoms in total. The fourth-order valence-electron chi connectivity index (χ4n) is 1.71. The number of nitrogens with zero attached hydrogens (tertiary/aromatic N) is 3. The van der Waals surface area contributed by atoms with E-state index in [2.05, 4.69) is 15.3 Å². The Balaban J connectivity index is 2.57. The molecule has 0 unspecified atom stereocenters. The van der Waals surface area contributed by atoms with Crippen LogP contribution in [0.15, 0.2) is 24.4 Å². The lowest BCUT2D eigenvalue weighted by Crippen LogP contribution is -2.07. The molecule has 0 spiro atoms. The van der Waals surface area contributed by atoms with Crippen molar-refractivity contribution in [3.63, 3.8) is 0 Å². The molecule has 1 N–H and O–H groups in total. The van der Waals surface area contributed by atoms with E-state index in [1.165, 1.54) is 0 Å². The van der Waals surface area contributed by atoms with Gasteiger partial charge in [-0.15, -0.1) is 0 Å².